The van der Waals surface area contributed by atoms with Crippen LogP contribution in [-0.4, -0.2) is 16.1 Å². The standard InChI is InChI=1S/C22H14Cl2FNO2S/c23-17-7-6-14(10-18(17)24)19-12-29-21(26-19)22(25)9-8-15(16(11-22)20(27)28)13-4-2-1-3-5-13/h1-10,12H,11H2,(H,27,28). The maximum atomic E-state index is 15.8. The number of carboxylic acids is 1. The minimum absolute atomic E-state index is 0.0208. The van der Waals surface area contributed by atoms with E-state index in [2.05, 4.69) is 4.98 Å². The molecular formula is C22H14Cl2FNO2S. The molecule has 0 spiro atoms. The lowest BCUT2D eigenvalue weighted by molar-refractivity contribution is -0.133. The van der Waals surface area contributed by atoms with E-state index in [0.29, 0.717) is 26.9 Å². The molecule has 1 atom stereocenters. The number of thiazole rings is 1. The molecule has 7 heteroatoms. The summed E-state index contributed by atoms with van der Waals surface area (Å²) in [6.07, 6.45) is 2.62. The van der Waals surface area contributed by atoms with E-state index in [0.717, 1.165) is 16.9 Å². The van der Waals surface area contributed by atoms with Gasteiger partial charge in [0.1, 0.15) is 5.01 Å². The van der Waals surface area contributed by atoms with Crippen LogP contribution >= 0.6 is 34.5 Å². The van der Waals surface area contributed by atoms with Gasteiger partial charge in [-0.2, -0.15) is 0 Å². The van der Waals surface area contributed by atoms with Gasteiger partial charge in [-0.3, -0.25) is 0 Å². The Balaban J connectivity index is 1.69. The Kier molecular flexibility index (Phi) is 5.30. The van der Waals surface area contributed by atoms with Crippen LogP contribution in [0.5, 0.6) is 0 Å². The molecule has 0 bridgehead atoms. The minimum atomic E-state index is -1.99. The second-order valence-corrected chi connectivity index (χ2v) is 8.28. The molecule has 146 valence electrons. The molecule has 3 aromatic rings. The molecule has 0 saturated heterocycles. The molecule has 1 aromatic heterocycles. The fraction of sp³-hybridized carbons (Fsp3) is 0.0909. The van der Waals surface area contributed by atoms with Crippen LogP contribution in [0.1, 0.15) is 17.0 Å². The van der Waals surface area contributed by atoms with E-state index in [1.165, 1.54) is 12.2 Å². The van der Waals surface area contributed by atoms with Crippen molar-refractivity contribution in [2.24, 2.45) is 0 Å². The van der Waals surface area contributed by atoms with Crippen LogP contribution in [0.15, 0.2) is 71.6 Å². The molecule has 2 aromatic carbocycles. The first-order valence-electron chi connectivity index (χ1n) is 8.69. The molecule has 0 aliphatic heterocycles. The van der Waals surface area contributed by atoms with E-state index in [4.69, 9.17) is 23.2 Å². The minimum Gasteiger partial charge on any atom is -0.478 e. The van der Waals surface area contributed by atoms with Gasteiger partial charge in [-0.1, -0.05) is 65.7 Å². The first-order valence-corrected chi connectivity index (χ1v) is 10.3. The Hall–Kier alpha value is -2.47. The van der Waals surface area contributed by atoms with E-state index < -0.39 is 11.6 Å². The van der Waals surface area contributed by atoms with E-state index >= 15 is 4.39 Å². The lowest BCUT2D eigenvalue weighted by Gasteiger charge is -2.25. The van der Waals surface area contributed by atoms with Crippen molar-refractivity contribution in [1.29, 1.82) is 0 Å². The molecule has 0 amide bonds. The molecule has 29 heavy (non-hydrogen) atoms. The van der Waals surface area contributed by atoms with Gasteiger partial charge in [0.25, 0.3) is 0 Å². The molecule has 1 aliphatic rings. The first kappa shape index (κ1) is 19.8. The molecule has 0 fully saturated rings. The van der Waals surface area contributed by atoms with Gasteiger partial charge >= 0.3 is 5.97 Å². The lowest BCUT2D eigenvalue weighted by Crippen LogP contribution is -2.24. The number of rotatable bonds is 4. The molecule has 1 N–H and O–H groups in total. The number of halogens is 3. The Bertz CT molecular complexity index is 1160. The number of alkyl halides is 1. The number of hydrogen-bond acceptors (Lipinski definition) is 3. The summed E-state index contributed by atoms with van der Waals surface area (Å²) in [7, 11) is 0. The summed E-state index contributed by atoms with van der Waals surface area (Å²) in [5.74, 6) is -1.14. The number of aromatic nitrogens is 1. The highest BCUT2D eigenvalue weighted by Crippen LogP contribution is 2.43. The molecular weight excluding hydrogens is 432 g/mol. The van der Waals surface area contributed by atoms with Crippen molar-refractivity contribution in [3.63, 3.8) is 0 Å². The smallest absolute Gasteiger partial charge is 0.332 e. The van der Waals surface area contributed by atoms with Crippen LogP contribution in [-0.2, 0) is 10.5 Å². The summed E-state index contributed by atoms with van der Waals surface area (Å²) in [6, 6.07) is 14.2. The van der Waals surface area contributed by atoms with Gasteiger partial charge < -0.3 is 5.11 Å². The second-order valence-electron chi connectivity index (χ2n) is 6.60. The van der Waals surface area contributed by atoms with Gasteiger partial charge in [-0.15, -0.1) is 11.3 Å². The third kappa shape index (κ3) is 3.86. The third-order valence-electron chi connectivity index (χ3n) is 4.69. The summed E-state index contributed by atoms with van der Waals surface area (Å²) >= 11 is 13.2. The van der Waals surface area contributed by atoms with Crippen LogP contribution in [0, 0.1) is 0 Å². The van der Waals surface area contributed by atoms with Crippen molar-refractivity contribution in [2.75, 3.05) is 0 Å². The van der Waals surface area contributed by atoms with Crippen LogP contribution in [0.4, 0.5) is 4.39 Å². The van der Waals surface area contributed by atoms with Crippen LogP contribution < -0.4 is 0 Å². The molecule has 0 saturated carbocycles. The zero-order chi connectivity index (χ0) is 20.6. The Morgan fingerprint density at radius 1 is 1.10 bits per heavy atom. The van der Waals surface area contributed by atoms with Crippen LogP contribution in [0.3, 0.4) is 0 Å². The highest BCUT2D eigenvalue weighted by atomic mass is 35.5. The van der Waals surface area contributed by atoms with Gasteiger partial charge in [0, 0.05) is 22.9 Å². The number of allylic oxidation sites excluding steroid dienone is 3. The number of carbonyl (C=O) groups is 1. The first-order chi connectivity index (χ1) is 13.9. The molecule has 0 radical (unpaired) electrons. The van der Waals surface area contributed by atoms with Crippen molar-refractivity contribution >= 4 is 46.1 Å². The molecule has 1 aliphatic carbocycles. The van der Waals surface area contributed by atoms with Crippen molar-refractivity contribution in [3.05, 3.63) is 92.3 Å². The van der Waals surface area contributed by atoms with Gasteiger partial charge in [-0.05, 0) is 29.3 Å². The normalized spacial score (nSPS) is 18.9. The summed E-state index contributed by atoms with van der Waals surface area (Å²) in [5, 5.41) is 12.4. The van der Waals surface area contributed by atoms with Gasteiger partial charge in [0.05, 0.1) is 15.7 Å². The Morgan fingerprint density at radius 2 is 1.86 bits per heavy atom. The van der Waals surface area contributed by atoms with Gasteiger partial charge in [0.2, 0.25) is 0 Å². The fourth-order valence-corrected chi connectivity index (χ4v) is 4.40. The summed E-state index contributed by atoms with van der Waals surface area (Å²) < 4.78 is 15.8. The maximum absolute atomic E-state index is 15.8. The van der Waals surface area contributed by atoms with Gasteiger partial charge in [-0.25, -0.2) is 14.2 Å². The summed E-state index contributed by atoms with van der Waals surface area (Å²) in [5.41, 5.74) is 0.539. The highest BCUT2D eigenvalue weighted by Gasteiger charge is 2.39. The predicted molar refractivity (Wildman–Crippen MR) is 115 cm³/mol. The maximum Gasteiger partial charge on any atom is 0.332 e. The largest absolute Gasteiger partial charge is 0.478 e. The Morgan fingerprint density at radius 3 is 2.55 bits per heavy atom. The fourth-order valence-electron chi connectivity index (χ4n) is 3.21. The number of hydrogen-bond donors (Lipinski definition) is 1. The van der Waals surface area contributed by atoms with Crippen LogP contribution in [0.2, 0.25) is 10.0 Å². The van der Waals surface area contributed by atoms with Crippen molar-refractivity contribution < 1.29 is 14.3 Å². The summed E-state index contributed by atoms with van der Waals surface area (Å²) in [4.78, 5) is 16.3. The van der Waals surface area contributed by atoms with E-state index in [-0.39, 0.29) is 17.0 Å². The van der Waals surface area contributed by atoms with Crippen LogP contribution in [0.25, 0.3) is 16.8 Å². The van der Waals surface area contributed by atoms with Crippen molar-refractivity contribution in [1.82, 2.24) is 4.98 Å². The zero-order valence-corrected chi connectivity index (χ0v) is 17.2. The molecule has 1 unspecified atom stereocenters. The predicted octanol–water partition coefficient (Wildman–Crippen LogP) is 6.78. The topological polar surface area (TPSA) is 50.2 Å². The third-order valence-corrected chi connectivity index (χ3v) is 6.43. The SMILES string of the molecule is O=C(O)C1=C(c2ccccc2)C=CC(F)(c2nc(-c3ccc(Cl)c(Cl)c3)cs2)C1. The number of aliphatic carboxylic acids is 1. The molecule has 3 nitrogen and oxygen atoms in total. The molecule has 1 heterocycles. The van der Waals surface area contributed by atoms with Crippen molar-refractivity contribution in [3.8, 4) is 11.3 Å². The lowest BCUT2D eigenvalue weighted by atomic mass is 9.85. The van der Waals surface area contributed by atoms with E-state index in [1.807, 2.05) is 18.2 Å². The van der Waals surface area contributed by atoms with Crippen molar-refractivity contribution in [2.45, 2.75) is 12.1 Å². The number of carboxylic acid groups (broad SMARTS) is 1. The zero-order valence-electron chi connectivity index (χ0n) is 14.9. The number of nitrogens with zero attached hydrogens (tertiary/aromatic N) is 1. The van der Waals surface area contributed by atoms with E-state index in [1.54, 1.807) is 35.7 Å². The van der Waals surface area contributed by atoms with Gasteiger partial charge in [0.15, 0.2) is 5.67 Å². The average Bonchev–Trinajstić information content (AvgIpc) is 3.22. The quantitative estimate of drug-likeness (QED) is 0.481. The highest BCUT2D eigenvalue weighted by molar-refractivity contribution is 7.10. The molecule has 4 rings (SSSR count). The second kappa shape index (κ2) is 7.75. The average molecular weight is 446 g/mol. The summed E-state index contributed by atoms with van der Waals surface area (Å²) in [6.45, 7) is 0. The Labute approximate surface area is 180 Å². The number of benzene rings is 2. The monoisotopic (exact) mass is 445 g/mol. The van der Waals surface area contributed by atoms with E-state index in [9.17, 15) is 9.90 Å².